The van der Waals surface area contributed by atoms with Gasteiger partial charge in [-0.25, -0.2) is 19.0 Å². The second-order valence-corrected chi connectivity index (χ2v) is 6.60. The van der Waals surface area contributed by atoms with Crippen LogP contribution in [0.15, 0.2) is 36.5 Å². The van der Waals surface area contributed by atoms with Gasteiger partial charge in [-0.2, -0.15) is 5.26 Å². The van der Waals surface area contributed by atoms with E-state index in [4.69, 9.17) is 14.7 Å². The standard InChI is InChI=1S/C20H20FN5O4/c1-29-20(28)26-6-2-3-17(12-26)30-18-8-13(21)7-16(9-18)25-19(27)24-15-5-4-14(10-22)23-11-15/h4-5,7-9,11,17H,2-3,6,12H2,1H3,(H2,24,25,27). The number of carbonyl (C=O) groups is 2. The van der Waals surface area contributed by atoms with Gasteiger partial charge in [-0.3, -0.25) is 0 Å². The van der Waals surface area contributed by atoms with E-state index in [9.17, 15) is 14.0 Å². The Labute approximate surface area is 172 Å². The van der Waals surface area contributed by atoms with Crippen LogP contribution in [-0.2, 0) is 4.74 Å². The fourth-order valence-electron chi connectivity index (χ4n) is 3.05. The maximum absolute atomic E-state index is 14.0. The third kappa shape index (κ3) is 5.57. The molecule has 1 saturated heterocycles. The zero-order valence-electron chi connectivity index (χ0n) is 16.2. The number of hydrogen-bond acceptors (Lipinski definition) is 6. The van der Waals surface area contributed by atoms with Gasteiger partial charge in [0.2, 0.25) is 0 Å². The fourth-order valence-corrected chi connectivity index (χ4v) is 3.05. The minimum absolute atomic E-state index is 0.199. The monoisotopic (exact) mass is 413 g/mol. The number of piperidine rings is 1. The molecule has 1 fully saturated rings. The quantitative estimate of drug-likeness (QED) is 0.794. The number of halogens is 1. The van der Waals surface area contributed by atoms with Crippen molar-refractivity contribution in [3.8, 4) is 11.8 Å². The van der Waals surface area contributed by atoms with Crippen LogP contribution in [0.1, 0.15) is 18.5 Å². The third-order valence-corrected chi connectivity index (χ3v) is 4.38. The molecule has 9 nitrogen and oxygen atoms in total. The number of nitrogens with zero attached hydrogens (tertiary/aromatic N) is 3. The summed E-state index contributed by atoms with van der Waals surface area (Å²) in [4.78, 5) is 29.2. The second kappa shape index (κ2) is 9.56. The number of anilines is 2. The van der Waals surface area contributed by atoms with Crippen LogP contribution in [0.3, 0.4) is 0 Å². The van der Waals surface area contributed by atoms with E-state index in [0.717, 1.165) is 12.5 Å². The van der Waals surface area contributed by atoms with Crippen molar-refractivity contribution in [2.45, 2.75) is 18.9 Å². The molecule has 3 rings (SSSR count). The number of benzene rings is 1. The lowest BCUT2D eigenvalue weighted by Gasteiger charge is -2.31. The van der Waals surface area contributed by atoms with E-state index >= 15 is 0 Å². The lowest BCUT2D eigenvalue weighted by molar-refractivity contribution is 0.0693. The summed E-state index contributed by atoms with van der Waals surface area (Å²) >= 11 is 0. The maximum atomic E-state index is 14.0. The largest absolute Gasteiger partial charge is 0.488 e. The van der Waals surface area contributed by atoms with Crippen molar-refractivity contribution in [2.24, 2.45) is 0 Å². The number of ether oxygens (including phenoxy) is 2. The molecule has 0 saturated carbocycles. The average Bonchev–Trinajstić information content (AvgIpc) is 2.73. The lowest BCUT2D eigenvalue weighted by atomic mass is 10.1. The van der Waals surface area contributed by atoms with Crippen LogP contribution >= 0.6 is 0 Å². The van der Waals surface area contributed by atoms with Crippen molar-refractivity contribution < 1.29 is 23.5 Å². The third-order valence-electron chi connectivity index (χ3n) is 4.38. The van der Waals surface area contributed by atoms with Crippen LogP contribution in [0.2, 0.25) is 0 Å². The molecule has 2 N–H and O–H groups in total. The number of nitrogens with one attached hydrogen (secondary N) is 2. The van der Waals surface area contributed by atoms with Gasteiger partial charge in [0.05, 0.1) is 25.5 Å². The van der Waals surface area contributed by atoms with Gasteiger partial charge in [-0.15, -0.1) is 0 Å². The van der Waals surface area contributed by atoms with Gasteiger partial charge < -0.3 is 25.0 Å². The van der Waals surface area contributed by atoms with Gasteiger partial charge in [0.25, 0.3) is 0 Å². The molecule has 1 aromatic carbocycles. The van der Waals surface area contributed by atoms with Crippen molar-refractivity contribution >= 4 is 23.5 Å². The number of aromatic nitrogens is 1. The first-order valence-electron chi connectivity index (χ1n) is 9.21. The number of amides is 3. The number of likely N-dealkylation sites (tertiary alicyclic amines) is 1. The van der Waals surface area contributed by atoms with Crippen molar-refractivity contribution in [2.75, 3.05) is 30.8 Å². The SMILES string of the molecule is COC(=O)N1CCCC(Oc2cc(F)cc(NC(=O)Nc3ccc(C#N)nc3)c2)C1. The first kappa shape index (κ1) is 20.9. The number of methoxy groups -OCH3 is 1. The Balaban J connectivity index is 1.62. The summed E-state index contributed by atoms with van der Waals surface area (Å²) in [5.74, 6) is -0.342. The molecule has 10 heteroatoms. The van der Waals surface area contributed by atoms with Gasteiger partial charge in [-0.05, 0) is 31.0 Å². The molecule has 2 heterocycles. The molecule has 2 aromatic rings. The number of carbonyl (C=O) groups excluding carboxylic acids is 2. The van der Waals surface area contributed by atoms with Crippen molar-refractivity contribution in [3.63, 3.8) is 0 Å². The van der Waals surface area contributed by atoms with E-state index in [0.29, 0.717) is 25.2 Å². The Bertz CT molecular complexity index is 961. The summed E-state index contributed by atoms with van der Waals surface area (Å²) in [7, 11) is 1.32. The van der Waals surface area contributed by atoms with Gasteiger partial charge in [0.1, 0.15) is 29.4 Å². The summed E-state index contributed by atoms with van der Waals surface area (Å²) in [5.41, 5.74) is 0.801. The van der Waals surface area contributed by atoms with Crippen molar-refractivity contribution in [1.29, 1.82) is 5.26 Å². The van der Waals surface area contributed by atoms with E-state index in [2.05, 4.69) is 15.6 Å². The highest BCUT2D eigenvalue weighted by molar-refractivity contribution is 5.99. The fraction of sp³-hybridized carbons (Fsp3) is 0.300. The molecule has 30 heavy (non-hydrogen) atoms. The summed E-state index contributed by atoms with van der Waals surface area (Å²) in [6.45, 7) is 0.908. The minimum Gasteiger partial charge on any atom is -0.488 e. The highest BCUT2D eigenvalue weighted by Crippen LogP contribution is 2.24. The normalized spacial score (nSPS) is 15.6. The summed E-state index contributed by atoms with van der Waals surface area (Å²) in [5, 5.41) is 13.8. The molecule has 0 radical (unpaired) electrons. The number of nitriles is 1. The first-order chi connectivity index (χ1) is 14.5. The Morgan fingerprint density at radius 2 is 2.07 bits per heavy atom. The molecule has 1 unspecified atom stereocenters. The number of pyridine rings is 1. The zero-order valence-corrected chi connectivity index (χ0v) is 16.2. The molecule has 0 aliphatic carbocycles. The Morgan fingerprint density at radius 3 is 2.77 bits per heavy atom. The van der Waals surface area contributed by atoms with Crippen LogP contribution in [0.4, 0.5) is 25.4 Å². The molecule has 0 spiro atoms. The van der Waals surface area contributed by atoms with Gasteiger partial charge in [-0.1, -0.05) is 0 Å². The van der Waals surface area contributed by atoms with Crippen LogP contribution in [0, 0.1) is 17.1 Å². The van der Waals surface area contributed by atoms with E-state index in [1.54, 1.807) is 0 Å². The summed E-state index contributed by atoms with van der Waals surface area (Å²) in [6, 6.07) is 8.14. The Hall–Kier alpha value is -3.87. The zero-order chi connectivity index (χ0) is 21.5. The molecule has 156 valence electrons. The van der Waals surface area contributed by atoms with Gasteiger partial charge in [0.15, 0.2) is 0 Å². The molecule has 1 aliphatic heterocycles. The summed E-state index contributed by atoms with van der Waals surface area (Å²) in [6.07, 6.45) is 2.04. The lowest BCUT2D eigenvalue weighted by Crippen LogP contribution is -2.44. The Kier molecular flexibility index (Phi) is 6.64. The summed E-state index contributed by atoms with van der Waals surface area (Å²) < 4.78 is 24.6. The minimum atomic E-state index is -0.604. The Morgan fingerprint density at radius 1 is 1.27 bits per heavy atom. The van der Waals surface area contributed by atoms with E-state index in [1.165, 1.54) is 42.5 Å². The molecular formula is C20H20FN5O4. The van der Waals surface area contributed by atoms with Crippen LogP contribution in [0.25, 0.3) is 0 Å². The highest BCUT2D eigenvalue weighted by Gasteiger charge is 2.25. The topological polar surface area (TPSA) is 117 Å². The highest BCUT2D eigenvalue weighted by atomic mass is 19.1. The first-order valence-corrected chi connectivity index (χ1v) is 9.21. The maximum Gasteiger partial charge on any atom is 0.409 e. The van der Waals surface area contributed by atoms with Crippen molar-refractivity contribution in [1.82, 2.24) is 9.88 Å². The van der Waals surface area contributed by atoms with Crippen molar-refractivity contribution in [3.05, 3.63) is 48.0 Å². The van der Waals surface area contributed by atoms with Crippen LogP contribution < -0.4 is 15.4 Å². The molecule has 1 atom stereocenters. The molecule has 3 amide bonds. The van der Waals surface area contributed by atoms with Gasteiger partial charge >= 0.3 is 12.1 Å². The van der Waals surface area contributed by atoms with Crippen LogP contribution in [-0.4, -0.2) is 48.3 Å². The number of hydrogen-bond donors (Lipinski definition) is 2. The predicted octanol–water partition coefficient (Wildman–Crippen LogP) is 3.35. The van der Waals surface area contributed by atoms with E-state index < -0.39 is 17.9 Å². The number of rotatable bonds is 4. The molecule has 1 aromatic heterocycles. The smallest absolute Gasteiger partial charge is 0.409 e. The molecule has 0 bridgehead atoms. The van der Waals surface area contributed by atoms with E-state index in [-0.39, 0.29) is 23.2 Å². The average molecular weight is 413 g/mol. The van der Waals surface area contributed by atoms with Crippen LogP contribution in [0.5, 0.6) is 5.75 Å². The second-order valence-electron chi connectivity index (χ2n) is 6.60. The molecule has 1 aliphatic rings. The number of urea groups is 1. The van der Waals surface area contributed by atoms with Gasteiger partial charge in [0, 0.05) is 24.4 Å². The van der Waals surface area contributed by atoms with E-state index in [1.807, 2.05) is 6.07 Å². The predicted molar refractivity (Wildman–Crippen MR) is 106 cm³/mol. The molecular weight excluding hydrogens is 393 g/mol.